The third-order valence-corrected chi connectivity index (χ3v) is 2.03. The predicted molar refractivity (Wildman–Crippen MR) is 52.0 cm³/mol. The van der Waals surface area contributed by atoms with Crippen molar-refractivity contribution < 1.29 is 9.50 Å². The molecule has 0 bridgehead atoms. The minimum Gasteiger partial charge on any atom is -0.387 e. The molecule has 0 aliphatic carbocycles. The number of aliphatic hydroxyl groups excluding tert-OH is 1. The quantitative estimate of drug-likeness (QED) is 0.811. The average Bonchev–Trinajstić information content (AvgIpc) is 2.68. The maximum atomic E-state index is 12.7. The molecule has 4 nitrogen and oxygen atoms in total. The highest BCUT2D eigenvalue weighted by Gasteiger charge is 2.07. The minimum atomic E-state index is -0.654. The third kappa shape index (κ3) is 2.02. The van der Waals surface area contributed by atoms with Gasteiger partial charge in [-0.25, -0.2) is 9.07 Å². The van der Waals surface area contributed by atoms with E-state index in [0.29, 0.717) is 11.4 Å². The van der Waals surface area contributed by atoms with Crippen molar-refractivity contribution in [3.05, 3.63) is 42.0 Å². The zero-order chi connectivity index (χ0) is 10.8. The van der Waals surface area contributed by atoms with E-state index >= 15 is 0 Å². The number of halogens is 1. The molecule has 5 heteroatoms. The number of nitrogens with zero attached hydrogens (tertiary/aromatic N) is 3. The van der Waals surface area contributed by atoms with E-state index in [4.69, 9.17) is 0 Å². The van der Waals surface area contributed by atoms with Crippen LogP contribution in [0, 0.1) is 5.82 Å². The summed E-state index contributed by atoms with van der Waals surface area (Å²) < 4.78 is 14.1. The summed E-state index contributed by atoms with van der Waals surface area (Å²) in [5.41, 5.74) is 1.19. The predicted octanol–water partition coefficient (Wildman–Crippen LogP) is 1.46. The molecule has 78 valence electrons. The smallest absolute Gasteiger partial charge is 0.123 e. The number of benzene rings is 1. The number of rotatable bonds is 2. The first-order valence-electron chi connectivity index (χ1n) is 4.53. The molecule has 0 spiro atoms. The highest BCUT2D eigenvalue weighted by atomic mass is 19.1. The molecule has 0 radical (unpaired) electrons. The van der Waals surface area contributed by atoms with Crippen molar-refractivity contribution in [3.8, 4) is 5.69 Å². The van der Waals surface area contributed by atoms with Crippen LogP contribution in [0.25, 0.3) is 5.69 Å². The molecule has 15 heavy (non-hydrogen) atoms. The molecule has 1 atom stereocenters. The van der Waals surface area contributed by atoms with Crippen LogP contribution < -0.4 is 0 Å². The van der Waals surface area contributed by atoms with Crippen molar-refractivity contribution in [2.75, 3.05) is 0 Å². The van der Waals surface area contributed by atoms with Crippen LogP contribution in [0.2, 0.25) is 0 Å². The Labute approximate surface area is 86.0 Å². The van der Waals surface area contributed by atoms with Gasteiger partial charge in [0.15, 0.2) is 0 Å². The van der Waals surface area contributed by atoms with Gasteiger partial charge in [-0.2, -0.15) is 0 Å². The van der Waals surface area contributed by atoms with E-state index in [1.165, 1.54) is 16.8 Å². The molecule has 2 aromatic rings. The van der Waals surface area contributed by atoms with E-state index < -0.39 is 6.10 Å². The molecule has 0 aliphatic heterocycles. The number of hydrogen-bond acceptors (Lipinski definition) is 3. The van der Waals surface area contributed by atoms with Gasteiger partial charge in [-0.3, -0.25) is 0 Å². The van der Waals surface area contributed by atoms with Gasteiger partial charge < -0.3 is 5.11 Å². The average molecular weight is 207 g/mol. The van der Waals surface area contributed by atoms with Gasteiger partial charge in [0.25, 0.3) is 0 Å². The van der Waals surface area contributed by atoms with Crippen LogP contribution in [0.4, 0.5) is 4.39 Å². The zero-order valence-electron chi connectivity index (χ0n) is 8.13. The topological polar surface area (TPSA) is 50.9 Å². The van der Waals surface area contributed by atoms with Crippen LogP contribution in [-0.4, -0.2) is 20.1 Å². The van der Waals surface area contributed by atoms with Gasteiger partial charge in [-0.05, 0) is 31.2 Å². The van der Waals surface area contributed by atoms with Crippen LogP contribution in [0.15, 0.2) is 30.5 Å². The molecule has 0 aliphatic rings. The van der Waals surface area contributed by atoms with E-state index in [9.17, 15) is 9.50 Å². The third-order valence-electron chi connectivity index (χ3n) is 2.03. The van der Waals surface area contributed by atoms with Gasteiger partial charge in [0.2, 0.25) is 0 Å². The minimum absolute atomic E-state index is 0.297. The normalized spacial score (nSPS) is 12.7. The van der Waals surface area contributed by atoms with E-state index in [2.05, 4.69) is 10.3 Å². The van der Waals surface area contributed by atoms with Gasteiger partial charge in [0.1, 0.15) is 11.5 Å². The van der Waals surface area contributed by atoms with Gasteiger partial charge in [-0.15, -0.1) is 5.10 Å². The van der Waals surface area contributed by atoms with Crippen LogP contribution in [0.5, 0.6) is 0 Å². The SMILES string of the molecule is C[C@@H](O)c1cn(-c2ccc(F)cc2)nn1. The highest BCUT2D eigenvalue weighted by molar-refractivity contribution is 5.30. The highest BCUT2D eigenvalue weighted by Crippen LogP contribution is 2.11. The van der Waals surface area contributed by atoms with Crippen molar-refractivity contribution in [2.45, 2.75) is 13.0 Å². The second kappa shape index (κ2) is 3.78. The van der Waals surface area contributed by atoms with E-state index in [1.54, 1.807) is 25.3 Å². The molecule has 0 amide bonds. The summed E-state index contributed by atoms with van der Waals surface area (Å²) in [6.45, 7) is 1.61. The summed E-state index contributed by atoms with van der Waals surface area (Å²) in [7, 11) is 0. The summed E-state index contributed by atoms with van der Waals surface area (Å²) in [6.07, 6.45) is 0.956. The molecule has 0 unspecified atom stereocenters. The molecular weight excluding hydrogens is 197 g/mol. The van der Waals surface area contributed by atoms with Gasteiger partial charge >= 0.3 is 0 Å². The molecule has 1 N–H and O–H groups in total. The molecule has 0 fully saturated rings. The van der Waals surface area contributed by atoms with Crippen LogP contribution in [0.1, 0.15) is 18.7 Å². The summed E-state index contributed by atoms with van der Waals surface area (Å²) in [4.78, 5) is 0. The lowest BCUT2D eigenvalue weighted by atomic mass is 10.3. The molecule has 1 heterocycles. The maximum absolute atomic E-state index is 12.7. The lowest BCUT2D eigenvalue weighted by Gasteiger charge is -1.98. The van der Waals surface area contributed by atoms with Gasteiger partial charge in [0, 0.05) is 0 Å². The van der Waals surface area contributed by atoms with Crippen LogP contribution >= 0.6 is 0 Å². The molecule has 1 aromatic heterocycles. The Morgan fingerprint density at radius 1 is 1.33 bits per heavy atom. The fraction of sp³-hybridized carbons (Fsp3) is 0.200. The van der Waals surface area contributed by atoms with Crippen molar-refractivity contribution in [1.82, 2.24) is 15.0 Å². The van der Waals surface area contributed by atoms with Gasteiger partial charge in [-0.1, -0.05) is 5.21 Å². The summed E-state index contributed by atoms with van der Waals surface area (Å²) in [5.74, 6) is -0.297. The standard InChI is InChI=1S/C10H10FN3O/c1-7(15)10-6-14(13-12-10)9-4-2-8(11)3-5-9/h2-7,15H,1H3/t7-/m1/s1. The van der Waals surface area contributed by atoms with Crippen molar-refractivity contribution in [1.29, 1.82) is 0 Å². The summed E-state index contributed by atoms with van der Waals surface area (Å²) >= 11 is 0. The Morgan fingerprint density at radius 2 is 2.00 bits per heavy atom. The van der Waals surface area contributed by atoms with Crippen LogP contribution in [0.3, 0.4) is 0 Å². The maximum Gasteiger partial charge on any atom is 0.123 e. The Kier molecular flexibility index (Phi) is 2.47. The molecule has 1 aromatic carbocycles. The number of aliphatic hydroxyl groups is 1. The first kappa shape index (κ1) is 9.79. The lowest BCUT2D eigenvalue weighted by molar-refractivity contribution is 0.194. The Bertz CT molecular complexity index is 450. The van der Waals surface area contributed by atoms with Crippen molar-refractivity contribution in [3.63, 3.8) is 0 Å². The summed E-state index contributed by atoms with van der Waals surface area (Å²) in [5, 5.41) is 16.9. The first-order chi connectivity index (χ1) is 7.16. The molecule has 2 rings (SSSR count). The second-order valence-corrected chi connectivity index (χ2v) is 3.24. The van der Waals surface area contributed by atoms with Crippen molar-refractivity contribution >= 4 is 0 Å². The number of aromatic nitrogens is 3. The van der Waals surface area contributed by atoms with Crippen LogP contribution in [-0.2, 0) is 0 Å². The Morgan fingerprint density at radius 3 is 2.53 bits per heavy atom. The number of hydrogen-bond donors (Lipinski definition) is 1. The molecule has 0 saturated heterocycles. The fourth-order valence-corrected chi connectivity index (χ4v) is 1.19. The molecular formula is C10H10FN3O. The fourth-order valence-electron chi connectivity index (χ4n) is 1.19. The molecule has 0 saturated carbocycles. The van der Waals surface area contributed by atoms with E-state index in [1.807, 2.05) is 0 Å². The van der Waals surface area contributed by atoms with Gasteiger partial charge in [0.05, 0.1) is 18.0 Å². The Balaban J connectivity index is 2.33. The largest absolute Gasteiger partial charge is 0.387 e. The lowest BCUT2D eigenvalue weighted by Crippen LogP contribution is -1.94. The van der Waals surface area contributed by atoms with E-state index in [0.717, 1.165) is 0 Å². The Hall–Kier alpha value is -1.75. The second-order valence-electron chi connectivity index (χ2n) is 3.24. The monoisotopic (exact) mass is 207 g/mol. The van der Waals surface area contributed by atoms with Crippen molar-refractivity contribution in [2.24, 2.45) is 0 Å². The first-order valence-corrected chi connectivity index (χ1v) is 4.53. The van der Waals surface area contributed by atoms with E-state index in [-0.39, 0.29) is 5.82 Å². The zero-order valence-corrected chi connectivity index (χ0v) is 8.13. The summed E-state index contributed by atoms with van der Waals surface area (Å²) in [6, 6.07) is 5.88.